The largest absolute Gasteiger partial charge is 0.489 e. The van der Waals surface area contributed by atoms with Crippen LogP contribution in [0.4, 0.5) is 5.69 Å². The molecule has 0 radical (unpaired) electrons. The van der Waals surface area contributed by atoms with Crippen molar-refractivity contribution in [1.82, 2.24) is 15.5 Å². The van der Waals surface area contributed by atoms with E-state index in [1.807, 2.05) is 12.1 Å². The molecule has 2 atom stereocenters. The van der Waals surface area contributed by atoms with Gasteiger partial charge >= 0.3 is 0 Å². The fourth-order valence-electron chi connectivity index (χ4n) is 4.34. The van der Waals surface area contributed by atoms with Gasteiger partial charge in [-0.25, -0.2) is 0 Å². The van der Waals surface area contributed by atoms with E-state index in [1.165, 1.54) is 0 Å². The van der Waals surface area contributed by atoms with E-state index in [0.29, 0.717) is 31.2 Å². The van der Waals surface area contributed by atoms with Gasteiger partial charge in [-0.15, -0.1) is 12.4 Å². The lowest BCUT2D eigenvalue weighted by atomic mass is 10.0. The maximum absolute atomic E-state index is 12.9. The van der Waals surface area contributed by atoms with Crippen molar-refractivity contribution in [1.29, 1.82) is 0 Å². The third-order valence-electron chi connectivity index (χ3n) is 5.69. The maximum atomic E-state index is 12.9. The Morgan fingerprint density at radius 3 is 2.81 bits per heavy atom. The Bertz CT molecular complexity index is 830. The van der Waals surface area contributed by atoms with Crippen molar-refractivity contribution in [2.75, 3.05) is 31.1 Å². The summed E-state index contributed by atoms with van der Waals surface area (Å²) in [6, 6.07) is 3.57. The molecule has 0 aromatic heterocycles. The third kappa shape index (κ3) is 2.83. The lowest BCUT2D eigenvalue weighted by Gasteiger charge is -2.42. The predicted molar refractivity (Wildman–Crippen MR) is 99.2 cm³/mol. The number of hydrogen-bond acceptors (Lipinski definition) is 6. The number of amides is 3. The number of anilines is 1. The number of nitrogens with zero attached hydrogens (tertiary/aromatic N) is 2. The zero-order valence-electron chi connectivity index (χ0n) is 14.7. The molecule has 5 rings (SSSR count). The highest BCUT2D eigenvalue weighted by Gasteiger charge is 2.40. The van der Waals surface area contributed by atoms with Crippen molar-refractivity contribution in [2.45, 2.75) is 31.5 Å². The fraction of sp³-hybridized carbons (Fsp3) is 0.500. The molecule has 1 unspecified atom stereocenters. The molecule has 2 N–H and O–H groups in total. The molecule has 9 heteroatoms. The Morgan fingerprint density at radius 2 is 2.00 bits per heavy atom. The molecule has 144 valence electrons. The average molecular weight is 393 g/mol. The number of piperazine rings is 1. The molecule has 4 aliphatic heterocycles. The average Bonchev–Trinajstić information content (AvgIpc) is 2.96. The van der Waals surface area contributed by atoms with Gasteiger partial charge in [0, 0.05) is 38.2 Å². The van der Waals surface area contributed by atoms with E-state index in [4.69, 9.17) is 4.74 Å². The topological polar surface area (TPSA) is 91.0 Å². The molecular formula is C18H21ClN4O4. The standard InChI is InChI=1S/C18H20N4O4.ClH/c23-16-2-1-13(17(24)20-16)22-8-10-5-14-15(6-12(10)18(22)25)26-9-11-7-19-3-4-21(11)14;/h5-6,11,13,19H,1-4,7-9H2,(H,20,23,24);1H/t11-,13?;/m0./s1. The van der Waals surface area contributed by atoms with Crippen LogP contribution in [0, 0.1) is 0 Å². The minimum atomic E-state index is -0.586. The fourth-order valence-corrected chi connectivity index (χ4v) is 4.34. The van der Waals surface area contributed by atoms with Crippen LogP contribution in [0.2, 0.25) is 0 Å². The first-order chi connectivity index (χ1) is 12.6. The number of nitrogens with one attached hydrogen (secondary N) is 2. The number of piperidine rings is 1. The number of halogens is 1. The van der Waals surface area contributed by atoms with Crippen LogP contribution in [-0.4, -0.2) is 60.9 Å². The Morgan fingerprint density at radius 1 is 1.15 bits per heavy atom. The van der Waals surface area contributed by atoms with E-state index < -0.39 is 6.04 Å². The quantitative estimate of drug-likeness (QED) is 0.656. The summed E-state index contributed by atoms with van der Waals surface area (Å²) in [6.45, 7) is 3.71. The van der Waals surface area contributed by atoms with Crippen molar-refractivity contribution in [3.63, 3.8) is 0 Å². The second kappa shape index (κ2) is 6.69. The molecule has 0 aliphatic carbocycles. The molecule has 2 saturated heterocycles. The summed E-state index contributed by atoms with van der Waals surface area (Å²) in [6.07, 6.45) is 0.638. The predicted octanol–water partition coefficient (Wildman–Crippen LogP) is 0.0400. The highest BCUT2D eigenvalue weighted by Crippen LogP contribution is 2.40. The number of hydrogen-bond donors (Lipinski definition) is 2. The number of carbonyl (C=O) groups is 3. The normalized spacial score (nSPS) is 26.4. The molecule has 27 heavy (non-hydrogen) atoms. The van der Waals surface area contributed by atoms with Crippen LogP contribution >= 0.6 is 12.4 Å². The summed E-state index contributed by atoms with van der Waals surface area (Å²) in [5.74, 6) is -0.0849. The van der Waals surface area contributed by atoms with Gasteiger partial charge in [-0.05, 0) is 24.1 Å². The first-order valence-electron chi connectivity index (χ1n) is 9.03. The van der Waals surface area contributed by atoms with Gasteiger partial charge in [0.05, 0.1) is 11.7 Å². The molecule has 0 bridgehead atoms. The molecule has 8 nitrogen and oxygen atoms in total. The number of benzene rings is 1. The number of ether oxygens (including phenoxy) is 1. The zero-order chi connectivity index (χ0) is 17.8. The van der Waals surface area contributed by atoms with Crippen LogP contribution in [0.15, 0.2) is 12.1 Å². The van der Waals surface area contributed by atoms with Crippen LogP contribution in [0.25, 0.3) is 0 Å². The Balaban J connectivity index is 0.00000180. The van der Waals surface area contributed by atoms with Crippen molar-refractivity contribution in [3.05, 3.63) is 23.3 Å². The van der Waals surface area contributed by atoms with Crippen molar-refractivity contribution >= 4 is 35.8 Å². The molecular weight excluding hydrogens is 372 g/mol. The summed E-state index contributed by atoms with van der Waals surface area (Å²) in [4.78, 5) is 40.3. The van der Waals surface area contributed by atoms with Gasteiger partial charge < -0.3 is 19.9 Å². The van der Waals surface area contributed by atoms with E-state index >= 15 is 0 Å². The summed E-state index contributed by atoms with van der Waals surface area (Å²) >= 11 is 0. The molecule has 3 amide bonds. The second-order valence-corrected chi connectivity index (χ2v) is 7.24. The molecule has 1 aromatic carbocycles. The number of carbonyl (C=O) groups excluding carboxylic acids is 3. The van der Waals surface area contributed by atoms with Gasteiger partial charge in [0.2, 0.25) is 11.8 Å². The van der Waals surface area contributed by atoms with Crippen molar-refractivity contribution in [2.24, 2.45) is 0 Å². The van der Waals surface area contributed by atoms with Crippen LogP contribution in [0.1, 0.15) is 28.8 Å². The van der Waals surface area contributed by atoms with Crippen LogP contribution in [0.5, 0.6) is 5.75 Å². The smallest absolute Gasteiger partial charge is 0.255 e. The first kappa shape index (κ1) is 18.1. The zero-order valence-corrected chi connectivity index (χ0v) is 15.5. The van der Waals surface area contributed by atoms with Crippen LogP contribution in [-0.2, 0) is 16.1 Å². The number of rotatable bonds is 1. The summed E-state index contributed by atoms with van der Waals surface area (Å²) in [7, 11) is 0. The van der Waals surface area contributed by atoms with E-state index in [-0.39, 0.29) is 36.5 Å². The SMILES string of the molecule is Cl.O=C1CCC(N2Cc3cc4c(cc3C2=O)OC[C@@H]2CNCCN42)C(=O)N1. The summed E-state index contributed by atoms with van der Waals surface area (Å²) in [5, 5.41) is 5.71. The number of imide groups is 1. The van der Waals surface area contributed by atoms with Crippen LogP contribution < -0.4 is 20.3 Å². The van der Waals surface area contributed by atoms with E-state index in [1.54, 1.807) is 4.90 Å². The van der Waals surface area contributed by atoms with Crippen LogP contribution in [0.3, 0.4) is 0 Å². The molecule has 4 heterocycles. The summed E-state index contributed by atoms with van der Waals surface area (Å²) < 4.78 is 5.91. The van der Waals surface area contributed by atoms with Gasteiger partial charge in [0.25, 0.3) is 5.91 Å². The third-order valence-corrected chi connectivity index (χ3v) is 5.69. The van der Waals surface area contributed by atoms with Gasteiger partial charge in [0.15, 0.2) is 0 Å². The highest BCUT2D eigenvalue weighted by molar-refractivity contribution is 6.05. The van der Waals surface area contributed by atoms with Gasteiger partial charge in [-0.2, -0.15) is 0 Å². The molecule has 2 fully saturated rings. The molecule has 0 saturated carbocycles. The van der Waals surface area contributed by atoms with E-state index in [0.717, 1.165) is 36.6 Å². The number of fused-ring (bicyclic) bond motifs is 4. The molecule has 4 aliphatic rings. The van der Waals surface area contributed by atoms with Crippen molar-refractivity contribution < 1.29 is 19.1 Å². The Kier molecular flexibility index (Phi) is 4.47. The maximum Gasteiger partial charge on any atom is 0.255 e. The Labute approximate surface area is 162 Å². The van der Waals surface area contributed by atoms with E-state index in [2.05, 4.69) is 15.5 Å². The van der Waals surface area contributed by atoms with Gasteiger partial charge in [0.1, 0.15) is 18.4 Å². The summed E-state index contributed by atoms with van der Waals surface area (Å²) in [5.41, 5.74) is 2.54. The first-order valence-corrected chi connectivity index (χ1v) is 9.03. The van der Waals surface area contributed by atoms with E-state index in [9.17, 15) is 14.4 Å². The second-order valence-electron chi connectivity index (χ2n) is 7.24. The lowest BCUT2D eigenvalue weighted by molar-refractivity contribution is -0.136. The molecule has 0 spiro atoms. The lowest BCUT2D eigenvalue weighted by Crippen LogP contribution is -2.55. The highest BCUT2D eigenvalue weighted by atomic mass is 35.5. The minimum Gasteiger partial charge on any atom is -0.489 e. The van der Waals surface area contributed by atoms with Gasteiger partial charge in [-0.3, -0.25) is 19.7 Å². The van der Waals surface area contributed by atoms with Crippen molar-refractivity contribution in [3.8, 4) is 5.75 Å². The molecule has 1 aromatic rings. The minimum absolute atomic E-state index is 0. The van der Waals surface area contributed by atoms with Gasteiger partial charge in [-0.1, -0.05) is 0 Å². The monoisotopic (exact) mass is 392 g/mol. The Hall–Kier alpha value is -2.32.